The van der Waals surface area contributed by atoms with Crippen LogP contribution < -0.4 is 10.4 Å². The number of hydrogen-bond acceptors (Lipinski definition) is 6. The number of rotatable bonds is 4. The molecule has 9 heteroatoms. The summed E-state index contributed by atoms with van der Waals surface area (Å²) in [4.78, 5) is 42.5. The highest BCUT2D eigenvalue weighted by Crippen LogP contribution is 2.25. The first-order chi connectivity index (χ1) is 16.4. The first-order valence-corrected chi connectivity index (χ1v) is 12.0. The topological polar surface area (TPSA) is 90.9 Å². The van der Waals surface area contributed by atoms with E-state index < -0.39 is 17.5 Å². The number of esters is 1. The first-order valence-electron chi connectivity index (χ1n) is 10.4. The predicted octanol–water partition coefficient (Wildman–Crippen LogP) is 5.03. The monoisotopic (exact) mass is 536 g/mol. The average Bonchev–Trinajstić information content (AvgIpc) is 3.14. The van der Waals surface area contributed by atoms with Crippen LogP contribution in [0.4, 0.5) is 0 Å². The molecule has 7 nitrogen and oxygen atoms in total. The highest BCUT2D eigenvalue weighted by Gasteiger charge is 2.17. The molecule has 0 bridgehead atoms. The molecular formula is C25H17BrN2O5S. The minimum Gasteiger partial charge on any atom is -0.465 e. The van der Waals surface area contributed by atoms with E-state index >= 15 is 0 Å². The maximum absolute atomic E-state index is 13.2. The Balaban J connectivity index is 1.68. The van der Waals surface area contributed by atoms with Crippen molar-refractivity contribution in [3.63, 3.8) is 0 Å². The van der Waals surface area contributed by atoms with Crippen molar-refractivity contribution in [1.29, 1.82) is 0 Å². The molecule has 5 rings (SSSR count). The third-order valence-corrected chi connectivity index (χ3v) is 6.84. The quantitative estimate of drug-likeness (QED) is 0.182. The molecule has 2 aromatic heterocycles. The lowest BCUT2D eigenvalue weighted by Crippen LogP contribution is -2.24. The highest BCUT2D eigenvalue weighted by molar-refractivity contribution is 9.10. The summed E-state index contributed by atoms with van der Waals surface area (Å²) in [7, 11) is 0. The van der Waals surface area contributed by atoms with Crippen molar-refractivity contribution in [2.24, 2.45) is 4.99 Å². The second-order valence-corrected chi connectivity index (χ2v) is 9.38. The molecule has 0 N–H and O–H groups in total. The Morgan fingerprint density at radius 1 is 1.09 bits per heavy atom. The Morgan fingerprint density at radius 3 is 2.74 bits per heavy atom. The van der Waals surface area contributed by atoms with Gasteiger partial charge in [-0.15, -0.1) is 0 Å². The number of carbonyl (C=O) groups excluding carboxylic acids is 2. The van der Waals surface area contributed by atoms with Gasteiger partial charge in [-0.3, -0.25) is 9.59 Å². The van der Waals surface area contributed by atoms with Gasteiger partial charge in [0.2, 0.25) is 0 Å². The Bertz CT molecular complexity index is 1730. The van der Waals surface area contributed by atoms with E-state index in [1.807, 2.05) is 48.5 Å². The van der Waals surface area contributed by atoms with Gasteiger partial charge in [0.25, 0.3) is 5.91 Å². The normalized spacial score (nSPS) is 12.0. The third kappa shape index (κ3) is 4.08. The van der Waals surface area contributed by atoms with E-state index in [0.717, 1.165) is 25.5 Å². The molecule has 0 aliphatic carbocycles. The van der Waals surface area contributed by atoms with Gasteiger partial charge < -0.3 is 13.7 Å². The predicted molar refractivity (Wildman–Crippen MR) is 134 cm³/mol. The fourth-order valence-electron chi connectivity index (χ4n) is 3.79. The number of fused-ring (bicyclic) bond motifs is 4. The number of carbonyl (C=O) groups is 2. The van der Waals surface area contributed by atoms with Crippen LogP contribution in [0.1, 0.15) is 17.3 Å². The van der Waals surface area contributed by atoms with Crippen LogP contribution in [0, 0.1) is 0 Å². The Hall–Kier alpha value is -3.56. The molecular weight excluding hydrogens is 520 g/mol. The summed E-state index contributed by atoms with van der Waals surface area (Å²) in [6, 6.07) is 18.3. The fourth-order valence-corrected chi connectivity index (χ4v) is 5.37. The van der Waals surface area contributed by atoms with Crippen molar-refractivity contribution in [2.75, 3.05) is 6.61 Å². The Morgan fingerprint density at radius 2 is 1.91 bits per heavy atom. The van der Waals surface area contributed by atoms with Crippen molar-refractivity contribution in [3.8, 4) is 0 Å². The van der Waals surface area contributed by atoms with Crippen LogP contribution >= 0.6 is 27.3 Å². The first kappa shape index (κ1) is 22.2. The zero-order valence-electron chi connectivity index (χ0n) is 17.9. The standard InChI is InChI=1S/C25H17BrN2O5S/c1-2-32-22(29)13-28-19-9-8-15(26)11-21(19)34-25(28)27-23(30)18-12-17-16-6-4-3-5-14(16)7-10-20(17)33-24(18)31/h3-12H,2,13H2,1H3. The zero-order chi connectivity index (χ0) is 23.8. The summed E-state index contributed by atoms with van der Waals surface area (Å²) >= 11 is 4.67. The molecule has 0 unspecified atom stereocenters. The van der Waals surface area contributed by atoms with Gasteiger partial charge in [-0.2, -0.15) is 4.99 Å². The third-order valence-electron chi connectivity index (χ3n) is 5.31. The fraction of sp³-hybridized carbons (Fsp3) is 0.120. The molecule has 170 valence electrons. The zero-order valence-corrected chi connectivity index (χ0v) is 20.3. The summed E-state index contributed by atoms with van der Waals surface area (Å²) in [5, 5.41) is 2.47. The average molecular weight is 537 g/mol. The summed E-state index contributed by atoms with van der Waals surface area (Å²) in [6.07, 6.45) is 0. The molecule has 0 saturated carbocycles. The largest absolute Gasteiger partial charge is 0.465 e. The van der Waals surface area contributed by atoms with E-state index in [1.165, 1.54) is 17.4 Å². The molecule has 5 aromatic rings. The number of hydrogen-bond donors (Lipinski definition) is 0. The molecule has 3 aromatic carbocycles. The lowest BCUT2D eigenvalue weighted by molar-refractivity contribution is -0.143. The molecule has 0 fully saturated rings. The van der Waals surface area contributed by atoms with Crippen LogP contribution in [-0.2, 0) is 16.1 Å². The van der Waals surface area contributed by atoms with Crippen LogP contribution in [0.15, 0.2) is 79.3 Å². The van der Waals surface area contributed by atoms with Crippen molar-refractivity contribution >= 4 is 71.1 Å². The smallest absolute Gasteiger partial charge is 0.349 e. The number of aromatic nitrogens is 1. The summed E-state index contributed by atoms with van der Waals surface area (Å²) in [6.45, 7) is 1.85. The van der Waals surface area contributed by atoms with Crippen LogP contribution in [0.5, 0.6) is 0 Å². The molecule has 0 aliphatic heterocycles. The van der Waals surface area contributed by atoms with E-state index in [4.69, 9.17) is 9.15 Å². The lowest BCUT2D eigenvalue weighted by atomic mass is 10.0. The maximum atomic E-state index is 13.2. The number of halogens is 1. The molecule has 0 atom stereocenters. The van der Waals surface area contributed by atoms with E-state index in [9.17, 15) is 14.4 Å². The molecule has 0 spiro atoms. The van der Waals surface area contributed by atoms with Crippen LogP contribution in [0.25, 0.3) is 32.0 Å². The molecule has 0 aliphatic rings. The highest BCUT2D eigenvalue weighted by atomic mass is 79.9. The number of benzene rings is 3. The van der Waals surface area contributed by atoms with Gasteiger partial charge in [-0.25, -0.2) is 4.79 Å². The summed E-state index contributed by atoms with van der Waals surface area (Å²) in [5.41, 5.74) is 0.177. The van der Waals surface area contributed by atoms with Gasteiger partial charge in [0.15, 0.2) is 4.80 Å². The molecule has 1 amide bonds. The molecule has 34 heavy (non-hydrogen) atoms. The Kier molecular flexibility index (Phi) is 5.89. The van der Waals surface area contributed by atoms with Crippen LogP contribution in [0.2, 0.25) is 0 Å². The van der Waals surface area contributed by atoms with E-state index in [0.29, 0.717) is 11.0 Å². The van der Waals surface area contributed by atoms with E-state index in [2.05, 4.69) is 20.9 Å². The SMILES string of the molecule is CCOC(=O)Cn1c(=NC(=O)c2cc3c(ccc4ccccc43)oc2=O)sc2cc(Br)ccc21. The van der Waals surface area contributed by atoms with Gasteiger partial charge in [0, 0.05) is 9.86 Å². The minimum atomic E-state index is -0.766. The minimum absolute atomic E-state index is 0.113. The number of thiazole rings is 1. The molecule has 2 heterocycles. The maximum Gasteiger partial charge on any atom is 0.349 e. The molecule has 0 saturated heterocycles. The van der Waals surface area contributed by atoms with Crippen LogP contribution in [-0.4, -0.2) is 23.1 Å². The lowest BCUT2D eigenvalue weighted by Gasteiger charge is -2.05. The molecule has 0 radical (unpaired) electrons. The van der Waals surface area contributed by atoms with Crippen molar-refractivity contribution in [2.45, 2.75) is 13.5 Å². The Labute approximate surface area is 205 Å². The second-order valence-electron chi connectivity index (χ2n) is 7.45. The van der Waals surface area contributed by atoms with Gasteiger partial charge in [0.05, 0.1) is 16.8 Å². The number of nitrogens with zero attached hydrogens (tertiary/aromatic N) is 2. The van der Waals surface area contributed by atoms with E-state index in [1.54, 1.807) is 17.6 Å². The van der Waals surface area contributed by atoms with Crippen molar-refractivity contribution < 1.29 is 18.7 Å². The number of amides is 1. The summed E-state index contributed by atoms with van der Waals surface area (Å²) < 4.78 is 13.8. The van der Waals surface area contributed by atoms with Gasteiger partial charge >= 0.3 is 11.6 Å². The van der Waals surface area contributed by atoms with Crippen LogP contribution in [0.3, 0.4) is 0 Å². The van der Waals surface area contributed by atoms with Gasteiger partial charge in [-0.1, -0.05) is 57.6 Å². The second kappa shape index (κ2) is 9.00. The number of ether oxygens (including phenoxy) is 1. The van der Waals surface area contributed by atoms with Crippen molar-refractivity contribution in [3.05, 3.63) is 85.9 Å². The van der Waals surface area contributed by atoms with Crippen molar-refractivity contribution in [1.82, 2.24) is 4.57 Å². The van der Waals surface area contributed by atoms with Gasteiger partial charge in [-0.05, 0) is 48.0 Å². The summed E-state index contributed by atoms with van der Waals surface area (Å²) in [5.74, 6) is -1.19. The van der Waals surface area contributed by atoms with E-state index in [-0.39, 0.29) is 23.5 Å². The van der Waals surface area contributed by atoms with Gasteiger partial charge in [0.1, 0.15) is 17.7 Å².